The Hall–Kier alpha value is -2.80. The summed E-state index contributed by atoms with van der Waals surface area (Å²) in [5.74, 6) is 0.520. The number of thiazole rings is 1. The van der Waals surface area contributed by atoms with Crippen molar-refractivity contribution in [1.29, 1.82) is 0 Å². The topological polar surface area (TPSA) is 62.2 Å². The smallest absolute Gasteiger partial charge is 0.257 e. The molecule has 0 bridgehead atoms. The van der Waals surface area contributed by atoms with Crippen molar-refractivity contribution < 1.29 is 4.79 Å². The van der Waals surface area contributed by atoms with E-state index in [0.717, 1.165) is 16.1 Å². The van der Waals surface area contributed by atoms with E-state index < -0.39 is 0 Å². The van der Waals surface area contributed by atoms with Crippen LogP contribution in [0.4, 0.5) is 5.95 Å². The largest absolute Gasteiger partial charge is 0.347 e. The Kier molecular flexibility index (Phi) is 5.81. The second-order valence-electron chi connectivity index (χ2n) is 6.57. The molecule has 0 spiro atoms. The highest BCUT2D eigenvalue weighted by atomic mass is 32.1. The molecular weight excluding hydrogens is 358 g/mol. The maximum Gasteiger partial charge on any atom is 0.257 e. The summed E-state index contributed by atoms with van der Waals surface area (Å²) in [7, 11) is 3.76. The number of carbonyl (C=O) groups excluding carboxylic acids is 1. The molecule has 7 heteroatoms. The third kappa shape index (κ3) is 4.49. The van der Waals surface area contributed by atoms with Crippen molar-refractivity contribution in [2.75, 3.05) is 19.0 Å². The number of anilines is 1. The summed E-state index contributed by atoms with van der Waals surface area (Å²) in [5.41, 5.74) is 5.06. The van der Waals surface area contributed by atoms with Crippen LogP contribution in [-0.4, -0.2) is 39.9 Å². The number of nitrogens with zero attached hydrogens (tertiary/aromatic N) is 5. The highest BCUT2D eigenvalue weighted by Crippen LogP contribution is 2.20. The summed E-state index contributed by atoms with van der Waals surface area (Å²) in [5, 5.41) is 0. The molecule has 1 amide bonds. The van der Waals surface area contributed by atoms with E-state index in [2.05, 4.69) is 15.0 Å². The molecular formula is C20H23N5OS. The molecule has 3 aromatic rings. The van der Waals surface area contributed by atoms with Crippen molar-refractivity contribution in [3.8, 4) is 0 Å². The SMILES string of the molecule is Cc1nc(N(C)C)ncc1C(=O)N(Cc1ccccc1)Cc1scnc1C. The van der Waals surface area contributed by atoms with Crippen LogP contribution >= 0.6 is 11.3 Å². The van der Waals surface area contributed by atoms with Crippen molar-refractivity contribution in [3.63, 3.8) is 0 Å². The zero-order valence-corrected chi connectivity index (χ0v) is 16.8. The molecule has 0 aliphatic rings. The fraction of sp³-hybridized carbons (Fsp3) is 0.300. The number of aryl methyl sites for hydroxylation is 2. The van der Waals surface area contributed by atoms with E-state index in [9.17, 15) is 4.79 Å². The predicted octanol–water partition coefficient (Wildman–Crippen LogP) is 3.46. The fourth-order valence-electron chi connectivity index (χ4n) is 2.71. The first-order valence-corrected chi connectivity index (χ1v) is 9.56. The van der Waals surface area contributed by atoms with Gasteiger partial charge in [0.05, 0.1) is 29.0 Å². The number of hydrogen-bond acceptors (Lipinski definition) is 6. The van der Waals surface area contributed by atoms with Gasteiger partial charge in [-0.3, -0.25) is 4.79 Å². The Bertz CT molecular complexity index is 923. The first kappa shape index (κ1) is 19.0. The third-order valence-electron chi connectivity index (χ3n) is 4.28. The van der Waals surface area contributed by atoms with Gasteiger partial charge in [0.15, 0.2) is 0 Å². The van der Waals surface area contributed by atoms with Gasteiger partial charge in [-0.1, -0.05) is 30.3 Å². The van der Waals surface area contributed by atoms with Crippen molar-refractivity contribution in [2.24, 2.45) is 0 Å². The van der Waals surface area contributed by atoms with Crippen LogP contribution in [0, 0.1) is 13.8 Å². The molecule has 0 saturated carbocycles. The van der Waals surface area contributed by atoms with Gasteiger partial charge in [0.1, 0.15) is 0 Å². The molecule has 0 N–H and O–H groups in total. The Morgan fingerprint density at radius 3 is 2.37 bits per heavy atom. The quantitative estimate of drug-likeness (QED) is 0.654. The van der Waals surface area contributed by atoms with E-state index >= 15 is 0 Å². The Morgan fingerprint density at radius 2 is 1.78 bits per heavy atom. The summed E-state index contributed by atoms with van der Waals surface area (Å²) in [6.45, 7) is 4.85. The van der Waals surface area contributed by atoms with E-state index in [0.29, 0.717) is 30.3 Å². The molecule has 0 aliphatic carbocycles. The first-order valence-electron chi connectivity index (χ1n) is 8.69. The van der Waals surface area contributed by atoms with Crippen LogP contribution in [0.5, 0.6) is 0 Å². The molecule has 6 nitrogen and oxygen atoms in total. The Balaban J connectivity index is 1.91. The third-order valence-corrected chi connectivity index (χ3v) is 5.20. The molecule has 0 fully saturated rings. The maximum absolute atomic E-state index is 13.3. The second-order valence-corrected chi connectivity index (χ2v) is 7.51. The van der Waals surface area contributed by atoms with Crippen molar-refractivity contribution >= 4 is 23.2 Å². The normalized spacial score (nSPS) is 10.7. The van der Waals surface area contributed by atoms with Crippen molar-refractivity contribution in [1.82, 2.24) is 19.9 Å². The molecule has 2 heterocycles. The molecule has 2 aromatic heterocycles. The van der Waals surface area contributed by atoms with Gasteiger partial charge in [-0.2, -0.15) is 0 Å². The summed E-state index contributed by atoms with van der Waals surface area (Å²) in [4.78, 5) is 31.1. The lowest BCUT2D eigenvalue weighted by atomic mass is 10.1. The van der Waals surface area contributed by atoms with Crippen LogP contribution in [-0.2, 0) is 13.1 Å². The minimum absolute atomic E-state index is 0.0746. The average Bonchev–Trinajstić information content (AvgIpc) is 3.06. The molecule has 1 aromatic carbocycles. The van der Waals surface area contributed by atoms with Crippen molar-refractivity contribution in [3.05, 3.63) is 69.4 Å². The lowest BCUT2D eigenvalue weighted by Crippen LogP contribution is -2.31. The van der Waals surface area contributed by atoms with Gasteiger partial charge in [0.2, 0.25) is 5.95 Å². The molecule has 0 atom stereocenters. The molecule has 0 radical (unpaired) electrons. The monoisotopic (exact) mass is 381 g/mol. The molecule has 3 rings (SSSR count). The van der Waals surface area contributed by atoms with Crippen molar-refractivity contribution in [2.45, 2.75) is 26.9 Å². The molecule has 140 valence electrons. The summed E-state index contributed by atoms with van der Waals surface area (Å²) >= 11 is 1.57. The van der Waals surface area contributed by atoms with Gasteiger partial charge in [0, 0.05) is 31.7 Å². The first-order chi connectivity index (χ1) is 13.0. The standard InChI is InChI=1S/C20H23N5OS/c1-14-17(10-21-20(23-14)24(3)4)19(26)25(11-16-8-6-5-7-9-16)12-18-15(2)22-13-27-18/h5-10,13H,11-12H2,1-4H3. The van der Waals surface area contributed by atoms with Gasteiger partial charge in [-0.05, 0) is 19.4 Å². The predicted molar refractivity (Wildman–Crippen MR) is 108 cm³/mol. The van der Waals surface area contributed by atoms with E-state index in [1.807, 2.05) is 73.6 Å². The molecule has 0 saturated heterocycles. The van der Waals surface area contributed by atoms with Gasteiger partial charge >= 0.3 is 0 Å². The second kappa shape index (κ2) is 8.26. The number of amides is 1. The van der Waals surface area contributed by atoms with E-state index in [1.54, 1.807) is 17.5 Å². The van der Waals surface area contributed by atoms with Crippen LogP contribution in [0.2, 0.25) is 0 Å². The highest BCUT2D eigenvalue weighted by Gasteiger charge is 2.21. The number of aromatic nitrogens is 3. The van der Waals surface area contributed by atoms with Gasteiger partial charge < -0.3 is 9.80 Å². The highest BCUT2D eigenvalue weighted by molar-refractivity contribution is 7.09. The zero-order chi connectivity index (χ0) is 19.4. The minimum Gasteiger partial charge on any atom is -0.347 e. The number of carbonyl (C=O) groups is 1. The summed E-state index contributed by atoms with van der Waals surface area (Å²) < 4.78 is 0. The van der Waals surface area contributed by atoms with Crippen LogP contribution in [0.15, 0.2) is 42.0 Å². The zero-order valence-electron chi connectivity index (χ0n) is 16.0. The molecule has 0 aliphatic heterocycles. The molecule has 0 unspecified atom stereocenters. The van der Waals surface area contributed by atoms with E-state index in [-0.39, 0.29) is 5.91 Å². The summed E-state index contributed by atoms with van der Waals surface area (Å²) in [6, 6.07) is 9.99. The number of benzene rings is 1. The molecule has 27 heavy (non-hydrogen) atoms. The average molecular weight is 382 g/mol. The lowest BCUT2D eigenvalue weighted by molar-refractivity contribution is 0.0729. The van der Waals surface area contributed by atoms with Gasteiger partial charge in [0.25, 0.3) is 5.91 Å². The maximum atomic E-state index is 13.3. The summed E-state index contributed by atoms with van der Waals surface area (Å²) in [6.07, 6.45) is 1.62. The Morgan fingerprint density at radius 1 is 1.04 bits per heavy atom. The number of hydrogen-bond donors (Lipinski definition) is 0. The number of rotatable bonds is 6. The minimum atomic E-state index is -0.0746. The van der Waals surface area contributed by atoms with Crippen LogP contribution in [0.3, 0.4) is 0 Å². The van der Waals surface area contributed by atoms with Crippen LogP contribution in [0.1, 0.15) is 32.2 Å². The van der Waals surface area contributed by atoms with E-state index in [1.165, 1.54) is 0 Å². The fourth-order valence-corrected chi connectivity index (χ4v) is 3.50. The van der Waals surface area contributed by atoms with Gasteiger partial charge in [-0.25, -0.2) is 15.0 Å². The Labute approximate surface area is 163 Å². The van der Waals surface area contributed by atoms with Crippen LogP contribution in [0.25, 0.3) is 0 Å². The van der Waals surface area contributed by atoms with Gasteiger partial charge in [-0.15, -0.1) is 11.3 Å². The van der Waals surface area contributed by atoms with E-state index in [4.69, 9.17) is 0 Å². The lowest BCUT2D eigenvalue weighted by Gasteiger charge is -2.23. The van der Waals surface area contributed by atoms with Crippen LogP contribution < -0.4 is 4.90 Å².